The fourth-order valence-electron chi connectivity index (χ4n) is 0.151. The SMILES string of the molecule is NCC(=O)OS(=O)(=O)O.[AlH3]. The third-order valence-electron chi connectivity index (χ3n) is 0.365. The van der Waals surface area contributed by atoms with Crippen LogP contribution in [-0.4, -0.2) is 42.8 Å². The molecule has 0 spiro atoms. The zero-order chi connectivity index (χ0) is 7.49. The third kappa shape index (κ3) is 7.87. The van der Waals surface area contributed by atoms with Crippen molar-refractivity contribution < 1.29 is 21.9 Å². The van der Waals surface area contributed by atoms with E-state index >= 15 is 0 Å². The van der Waals surface area contributed by atoms with Crippen molar-refractivity contribution in [3.05, 3.63) is 0 Å². The van der Waals surface area contributed by atoms with Gasteiger partial charge in [-0.05, 0) is 0 Å². The molecule has 6 nitrogen and oxygen atoms in total. The second kappa shape index (κ2) is 4.65. The van der Waals surface area contributed by atoms with Crippen molar-refractivity contribution in [3.8, 4) is 0 Å². The Balaban J connectivity index is 0. The second-order valence-electron chi connectivity index (χ2n) is 1.09. The first-order valence-corrected chi connectivity index (χ1v) is 3.22. The lowest BCUT2D eigenvalue weighted by Gasteiger charge is -1.93. The van der Waals surface area contributed by atoms with E-state index in [2.05, 4.69) is 9.92 Å². The third-order valence-corrected chi connectivity index (χ3v) is 0.761. The summed E-state index contributed by atoms with van der Waals surface area (Å²) in [4.78, 5) is 9.94. The molecule has 60 valence electrons. The minimum atomic E-state index is -4.66. The van der Waals surface area contributed by atoms with Gasteiger partial charge in [-0.15, -0.1) is 0 Å². The molecule has 0 radical (unpaired) electrons. The van der Waals surface area contributed by atoms with E-state index in [1.54, 1.807) is 0 Å². The zero-order valence-corrected chi connectivity index (χ0v) is 5.09. The smallest absolute Gasteiger partial charge is 0.324 e. The molecule has 0 rings (SSSR count). The van der Waals surface area contributed by atoms with E-state index in [4.69, 9.17) is 4.55 Å². The highest BCUT2D eigenvalue weighted by Gasteiger charge is 2.09. The largest absolute Gasteiger partial charge is 0.449 e. The average Bonchev–Trinajstić information content (AvgIpc) is 1.62. The summed E-state index contributed by atoms with van der Waals surface area (Å²) in [5.74, 6) is -1.20. The Hall–Kier alpha value is -0.128. The molecule has 0 unspecified atom stereocenters. The molecule has 8 heteroatoms. The topological polar surface area (TPSA) is 107 Å². The van der Waals surface area contributed by atoms with Crippen LogP contribution in [0.3, 0.4) is 0 Å². The fraction of sp³-hybridized carbons (Fsp3) is 0.500. The predicted molar refractivity (Wildman–Crippen MR) is 36.6 cm³/mol. The molecule has 0 saturated heterocycles. The maximum Gasteiger partial charge on any atom is 0.449 e. The average molecular weight is 185 g/mol. The minimum Gasteiger partial charge on any atom is -0.324 e. The van der Waals surface area contributed by atoms with Gasteiger partial charge < -0.3 is 9.92 Å². The van der Waals surface area contributed by atoms with Crippen LogP contribution in [0.2, 0.25) is 0 Å². The molecule has 0 aromatic carbocycles. The van der Waals surface area contributed by atoms with Crippen LogP contribution in [0.25, 0.3) is 0 Å². The van der Waals surface area contributed by atoms with E-state index in [-0.39, 0.29) is 17.4 Å². The Kier molecular flexibility index (Phi) is 5.83. The molecule has 3 N–H and O–H groups in total. The summed E-state index contributed by atoms with van der Waals surface area (Å²) in [5, 5.41) is 0. The standard InChI is InChI=1S/C2H5NO5S.Al.3H/c3-1-2(4)8-9(5,6)7;;;;/h1,3H2,(H,5,6,7);;;;. The van der Waals surface area contributed by atoms with Gasteiger partial charge in [0.25, 0.3) is 0 Å². The molecular weight excluding hydrogens is 177 g/mol. The summed E-state index contributed by atoms with van der Waals surface area (Å²) in [6, 6.07) is 0. The molecule has 0 bridgehead atoms. The summed E-state index contributed by atoms with van der Waals surface area (Å²) in [6.45, 7) is -0.584. The van der Waals surface area contributed by atoms with E-state index < -0.39 is 22.9 Å². The molecule has 0 atom stereocenters. The Labute approximate surface area is 68.4 Å². The maximum absolute atomic E-state index is 9.94. The van der Waals surface area contributed by atoms with Gasteiger partial charge in [-0.25, -0.2) is 4.79 Å². The van der Waals surface area contributed by atoms with Crippen molar-refractivity contribution in [3.63, 3.8) is 0 Å². The Morgan fingerprint density at radius 1 is 1.60 bits per heavy atom. The van der Waals surface area contributed by atoms with E-state index in [0.717, 1.165) is 0 Å². The number of carbonyl (C=O) groups excluding carboxylic acids is 1. The Morgan fingerprint density at radius 3 is 2.10 bits per heavy atom. The number of hydrogen-bond donors (Lipinski definition) is 2. The second-order valence-corrected chi connectivity index (χ2v) is 2.11. The Bertz CT molecular complexity index is 198. The van der Waals surface area contributed by atoms with Crippen LogP contribution >= 0.6 is 0 Å². The summed E-state index contributed by atoms with van der Waals surface area (Å²) in [7, 11) is -4.66. The van der Waals surface area contributed by atoms with E-state index in [9.17, 15) is 13.2 Å². The predicted octanol–water partition coefficient (Wildman–Crippen LogP) is -2.89. The van der Waals surface area contributed by atoms with Gasteiger partial charge in [-0.3, -0.25) is 4.55 Å². The van der Waals surface area contributed by atoms with Crippen LogP contribution in [0.5, 0.6) is 0 Å². The summed E-state index contributed by atoms with van der Waals surface area (Å²) in [5.41, 5.74) is 4.63. The molecular formula is C2H8AlNO5S. The quantitative estimate of drug-likeness (QED) is 0.353. The highest BCUT2D eigenvalue weighted by Crippen LogP contribution is 1.84. The molecule has 0 fully saturated rings. The van der Waals surface area contributed by atoms with Gasteiger partial charge in [-0.2, -0.15) is 8.42 Å². The van der Waals surface area contributed by atoms with Gasteiger partial charge in [0, 0.05) is 0 Å². The van der Waals surface area contributed by atoms with Gasteiger partial charge in [0.1, 0.15) is 0 Å². The van der Waals surface area contributed by atoms with Gasteiger partial charge >= 0.3 is 16.4 Å². The van der Waals surface area contributed by atoms with Crippen LogP contribution in [0.15, 0.2) is 0 Å². The maximum atomic E-state index is 9.94. The molecule has 10 heavy (non-hydrogen) atoms. The van der Waals surface area contributed by atoms with Gasteiger partial charge in [0.2, 0.25) is 0 Å². The van der Waals surface area contributed by atoms with Crippen molar-refractivity contribution >= 4 is 33.7 Å². The van der Waals surface area contributed by atoms with Crippen molar-refractivity contribution in [2.24, 2.45) is 5.73 Å². The first-order valence-electron chi connectivity index (χ1n) is 1.85. The van der Waals surface area contributed by atoms with Gasteiger partial charge in [0.15, 0.2) is 17.4 Å². The van der Waals surface area contributed by atoms with Gasteiger partial charge in [-0.1, -0.05) is 0 Å². The molecule has 0 amide bonds. The first-order chi connectivity index (χ1) is 3.95. The fourth-order valence-corrected chi connectivity index (χ4v) is 0.454. The molecule has 0 aromatic rings. The molecule has 0 aliphatic rings. The Morgan fingerprint density at radius 2 is 2.00 bits per heavy atom. The van der Waals surface area contributed by atoms with Crippen molar-refractivity contribution in [2.75, 3.05) is 6.54 Å². The molecule has 0 heterocycles. The number of nitrogens with two attached hydrogens (primary N) is 1. The lowest BCUT2D eigenvalue weighted by atomic mass is 10.7. The summed E-state index contributed by atoms with van der Waals surface area (Å²) >= 11 is 0. The van der Waals surface area contributed by atoms with Crippen LogP contribution in [0.4, 0.5) is 0 Å². The molecule has 0 aliphatic heterocycles. The van der Waals surface area contributed by atoms with Crippen molar-refractivity contribution in [2.45, 2.75) is 0 Å². The van der Waals surface area contributed by atoms with E-state index in [0.29, 0.717) is 0 Å². The lowest BCUT2D eigenvalue weighted by molar-refractivity contribution is -0.132. The van der Waals surface area contributed by atoms with Crippen molar-refractivity contribution in [1.82, 2.24) is 0 Å². The summed E-state index contributed by atoms with van der Waals surface area (Å²) in [6.07, 6.45) is 0. The lowest BCUT2D eigenvalue weighted by Crippen LogP contribution is -2.20. The minimum absolute atomic E-state index is 0. The number of hydrogen-bond acceptors (Lipinski definition) is 5. The molecule has 0 aromatic heterocycles. The normalized spacial score (nSPS) is 9.80. The van der Waals surface area contributed by atoms with Crippen LogP contribution < -0.4 is 5.73 Å². The van der Waals surface area contributed by atoms with E-state index in [1.165, 1.54) is 0 Å². The van der Waals surface area contributed by atoms with Crippen LogP contribution in [0.1, 0.15) is 0 Å². The monoisotopic (exact) mass is 185 g/mol. The highest BCUT2D eigenvalue weighted by molar-refractivity contribution is 7.81. The van der Waals surface area contributed by atoms with Gasteiger partial charge in [0.05, 0.1) is 6.54 Å². The first kappa shape index (κ1) is 12.5. The van der Waals surface area contributed by atoms with Crippen LogP contribution in [-0.2, 0) is 19.4 Å². The summed E-state index contributed by atoms with van der Waals surface area (Å²) < 4.78 is 30.5. The molecule has 0 saturated carbocycles. The highest BCUT2D eigenvalue weighted by atomic mass is 32.3. The van der Waals surface area contributed by atoms with Crippen LogP contribution in [0, 0.1) is 0 Å². The van der Waals surface area contributed by atoms with E-state index in [1.807, 2.05) is 0 Å². The zero-order valence-electron chi connectivity index (χ0n) is 4.27. The number of rotatable bonds is 2. The number of carbonyl (C=O) groups is 1. The molecule has 0 aliphatic carbocycles. The van der Waals surface area contributed by atoms with Crippen molar-refractivity contribution in [1.29, 1.82) is 0 Å².